The van der Waals surface area contributed by atoms with E-state index in [2.05, 4.69) is 25.5 Å². The van der Waals surface area contributed by atoms with Crippen molar-refractivity contribution in [3.8, 4) is 0 Å². The number of fused-ring (bicyclic) bond motifs is 1. The topological polar surface area (TPSA) is 94.0 Å². The highest BCUT2D eigenvalue weighted by Gasteiger charge is 2.11. The highest BCUT2D eigenvalue weighted by molar-refractivity contribution is 7.99. The number of hydrogen-bond acceptors (Lipinski definition) is 7. The van der Waals surface area contributed by atoms with Crippen LogP contribution in [0.4, 0.5) is 0 Å². The van der Waals surface area contributed by atoms with Crippen molar-refractivity contribution >= 4 is 17.4 Å². The third-order valence-electron chi connectivity index (χ3n) is 2.48. The van der Waals surface area contributed by atoms with Crippen molar-refractivity contribution in [3.63, 3.8) is 0 Å². The first-order valence-electron chi connectivity index (χ1n) is 5.11. The van der Waals surface area contributed by atoms with Crippen molar-refractivity contribution in [1.29, 1.82) is 0 Å². The molecule has 0 saturated heterocycles. The lowest BCUT2D eigenvalue weighted by molar-refractivity contribution is 0.271. The summed E-state index contributed by atoms with van der Waals surface area (Å²) in [6.07, 6.45) is 4.89. The lowest BCUT2D eigenvalue weighted by Gasteiger charge is -2.04. The second-order valence-electron chi connectivity index (χ2n) is 3.55. The predicted octanol–water partition coefficient (Wildman–Crippen LogP) is -0.104. The van der Waals surface area contributed by atoms with Crippen LogP contribution in [0.15, 0.2) is 28.8 Å². The number of imidazole rings is 1. The van der Waals surface area contributed by atoms with Gasteiger partial charge in [-0.25, -0.2) is 4.98 Å². The molecule has 3 heterocycles. The fraction of sp³-hybridized carbons (Fsp3) is 0.222. The number of aromatic nitrogens is 7. The van der Waals surface area contributed by atoms with Crippen LogP contribution in [-0.2, 0) is 13.7 Å². The third kappa shape index (κ3) is 1.73. The Kier molecular flexibility index (Phi) is 2.68. The largest absolute Gasteiger partial charge is 0.390 e. The third-order valence-corrected chi connectivity index (χ3v) is 3.53. The van der Waals surface area contributed by atoms with E-state index in [1.165, 1.54) is 11.8 Å². The van der Waals surface area contributed by atoms with Crippen LogP contribution in [-0.4, -0.2) is 39.7 Å². The number of rotatable bonds is 3. The number of aliphatic hydroxyl groups is 1. The molecule has 0 radical (unpaired) electrons. The first-order valence-corrected chi connectivity index (χ1v) is 5.92. The molecule has 1 N–H and O–H groups in total. The maximum atomic E-state index is 9.12. The van der Waals surface area contributed by atoms with Crippen LogP contribution in [0.25, 0.3) is 5.65 Å². The quantitative estimate of drug-likeness (QED) is 0.705. The Morgan fingerprint density at radius 1 is 1.33 bits per heavy atom. The Bertz CT molecular complexity index is 691. The molecule has 0 aromatic carbocycles. The summed E-state index contributed by atoms with van der Waals surface area (Å²) < 4.78 is 3.40. The molecule has 0 fully saturated rings. The van der Waals surface area contributed by atoms with Crippen LogP contribution in [0, 0.1) is 0 Å². The summed E-state index contributed by atoms with van der Waals surface area (Å²) in [5.74, 6) is 0. The Labute approximate surface area is 106 Å². The summed E-state index contributed by atoms with van der Waals surface area (Å²) in [7, 11) is 1.84. The minimum atomic E-state index is -0.0443. The van der Waals surface area contributed by atoms with Gasteiger partial charge < -0.3 is 9.67 Å². The zero-order valence-corrected chi connectivity index (χ0v) is 10.2. The molecule has 0 atom stereocenters. The van der Waals surface area contributed by atoms with Crippen molar-refractivity contribution in [1.82, 2.24) is 34.6 Å². The van der Waals surface area contributed by atoms with E-state index in [0.29, 0.717) is 5.65 Å². The van der Waals surface area contributed by atoms with Gasteiger partial charge in [-0.05, 0) is 22.2 Å². The van der Waals surface area contributed by atoms with Crippen molar-refractivity contribution in [2.75, 3.05) is 0 Å². The van der Waals surface area contributed by atoms with Gasteiger partial charge in [-0.3, -0.25) is 4.98 Å². The lowest BCUT2D eigenvalue weighted by atomic mass is 10.5. The molecule has 0 saturated carbocycles. The van der Waals surface area contributed by atoms with Gasteiger partial charge in [0.05, 0.1) is 30.9 Å². The van der Waals surface area contributed by atoms with E-state index in [0.717, 1.165) is 15.9 Å². The van der Waals surface area contributed by atoms with Crippen LogP contribution in [0.3, 0.4) is 0 Å². The van der Waals surface area contributed by atoms with Crippen LogP contribution in [0.1, 0.15) is 5.69 Å². The van der Waals surface area contributed by atoms with E-state index in [1.54, 1.807) is 23.1 Å². The molecular weight excluding hydrogens is 254 g/mol. The van der Waals surface area contributed by atoms with Gasteiger partial charge in [-0.15, -0.1) is 5.10 Å². The van der Waals surface area contributed by atoms with Crippen molar-refractivity contribution in [3.05, 3.63) is 24.3 Å². The zero-order valence-electron chi connectivity index (χ0n) is 9.43. The van der Waals surface area contributed by atoms with Crippen molar-refractivity contribution in [2.45, 2.75) is 16.8 Å². The van der Waals surface area contributed by atoms with Gasteiger partial charge in [0.25, 0.3) is 0 Å². The normalized spacial score (nSPS) is 11.2. The number of hydrogen-bond donors (Lipinski definition) is 1. The van der Waals surface area contributed by atoms with Gasteiger partial charge in [0.15, 0.2) is 10.8 Å². The van der Waals surface area contributed by atoms with Gasteiger partial charge in [0, 0.05) is 7.05 Å². The molecule has 0 unspecified atom stereocenters. The Morgan fingerprint density at radius 3 is 3.00 bits per heavy atom. The van der Waals surface area contributed by atoms with Gasteiger partial charge in [-0.2, -0.15) is 4.52 Å². The van der Waals surface area contributed by atoms with Gasteiger partial charge >= 0.3 is 0 Å². The lowest BCUT2D eigenvalue weighted by Crippen LogP contribution is -1.99. The standard InChI is InChI=1S/C9H9N7OS/c1-15-6(5-17)2-11-9(15)18-8-4-10-3-7-12-13-14-16(7)8/h2-4,17H,5H2,1H3. The highest BCUT2D eigenvalue weighted by Crippen LogP contribution is 2.25. The summed E-state index contributed by atoms with van der Waals surface area (Å²) >= 11 is 1.38. The van der Waals surface area contributed by atoms with Crippen LogP contribution in [0.2, 0.25) is 0 Å². The maximum Gasteiger partial charge on any atom is 0.198 e. The number of aliphatic hydroxyl groups excluding tert-OH is 1. The molecule has 0 spiro atoms. The zero-order chi connectivity index (χ0) is 12.5. The first kappa shape index (κ1) is 11.1. The minimum absolute atomic E-state index is 0.0443. The molecule has 18 heavy (non-hydrogen) atoms. The van der Waals surface area contributed by atoms with Crippen molar-refractivity contribution < 1.29 is 5.11 Å². The molecule has 92 valence electrons. The van der Waals surface area contributed by atoms with Crippen molar-refractivity contribution in [2.24, 2.45) is 7.05 Å². The molecule has 3 aromatic heterocycles. The van der Waals surface area contributed by atoms with Gasteiger partial charge in [0.1, 0.15) is 5.03 Å². The Hall–Kier alpha value is -2.00. The summed E-state index contributed by atoms with van der Waals surface area (Å²) in [6, 6.07) is 0. The fourth-order valence-corrected chi connectivity index (χ4v) is 2.36. The van der Waals surface area contributed by atoms with E-state index in [-0.39, 0.29) is 6.61 Å². The van der Waals surface area contributed by atoms with E-state index >= 15 is 0 Å². The second kappa shape index (κ2) is 4.35. The average molecular weight is 263 g/mol. The maximum absolute atomic E-state index is 9.12. The van der Waals surface area contributed by atoms with Crippen LogP contribution >= 0.6 is 11.8 Å². The molecule has 3 rings (SSSR count). The smallest absolute Gasteiger partial charge is 0.198 e. The molecule has 3 aromatic rings. The van der Waals surface area contributed by atoms with E-state index in [1.807, 2.05) is 11.6 Å². The number of nitrogens with zero attached hydrogens (tertiary/aromatic N) is 7. The molecule has 0 aliphatic carbocycles. The molecule has 0 amide bonds. The fourth-order valence-electron chi connectivity index (χ4n) is 1.48. The monoisotopic (exact) mass is 263 g/mol. The Morgan fingerprint density at radius 2 is 2.22 bits per heavy atom. The summed E-state index contributed by atoms with van der Waals surface area (Å²) in [4.78, 5) is 8.30. The van der Waals surface area contributed by atoms with Gasteiger partial charge in [-0.1, -0.05) is 0 Å². The van der Waals surface area contributed by atoms with Crippen LogP contribution in [0.5, 0.6) is 0 Å². The summed E-state index contributed by atoms with van der Waals surface area (Å²) in [5, 5.41) is 21.9. The molecule has 0 bridgehead atoms. The SMILES string of the molecule is Cn1c(CO)cnc1Sc1cncc2nnnn12. The van der Waals surface area contributed by atoms with E-state index in [9.17, 15) is 0 Å². The average Bonchev–Trinajstić information content (AvgIpc) is 2.98. The molecule has 9 heteroatoms. The predicted molar refractivity (Wildman–Crippen MR) is 61.8 cm³/mol. The van der Waals surface area contributed by atoms with E-state index in [4.69, 9.17) is 5.11 Å². The van der Waals surface area contributed by atoms with Crippen LogP contribution < -0.4 is 0 Å². The summed E-state index contributed by atoms with van der Waals surface area (Å²) in [5.41, 5.74) is 1.32. The molecule has 0 aliphatic heterocycles. The second-order valence-corrected chi connectivity index (χ2v) is 4.53. The van der Waals surface area contributed by atoms with Gasteiger partial charge in [0.2, 0.25) is 0 Å². The first-order chi connectivity index (χ1) is 8.79. The minimum Gasteiger partial charge on any atom is -0.390 e. The molecule has 8 nitrogen and oxygen atoms in total. The molecule has 0 aliphatic rings. The Balaban J connectivity index is 2.01. The molecular formula is C9H9N7OS. The summed E-state index contributed by atoms with van der Waals surface area (Å²) in [6.45, 7) is -0.0443. The highest BCUT2D eigenvalue weighted by atomic mass is 32.2. The van der Waals surface area contributed by atoms with E-state index < -0.39 is 0 Å². The number of tetrazole rings is 1.